The highest BCUT2D eigenvalue weighted by Crippen LogP contribution is 2.28. The lowest BCUT2D eigenvalue weighted by Crippen LogP contribution is -2.34. The number of fused-ring (bicyclic) bond motifs is 1. The highest BCUT2D eigenvalue weighted by Gasteiger charge is 2.28. The molecule has 0 aromatic carbocycles. The molecule has 6 heteroatoms. The summed E-state index contributed by atoms with van der Waals surface area (Å²) in [5.41, 5.74) is 3.81. The average Bonchev–Trinajstić information content (AvgIpc) is 3.10. The van der Waals surface area contributed by atoms with Gasteiger partial charge in [0.2, 0.25) is 0 Å². The van der Waals surface area contributed by atoms with Crippen LogP contribution in [0.3, 0.4) is 0 Å². The first-order valence-corrected chi connectivity index (χ1v) is 8.03. The Bertz CT molecular complexity index is 618. The summed E-state index contributed by atoms with van der Waals surface area (Å²) in [7, 11) is 1.96. The Labute approximate surface area is 131 Å². The highest BCUT2D eigenvalue weighted by molar-refractivity contribution is 5.25. The maximum Gasteiger partial charge on any atom is 0.0736 e. The third-order valence-electron chi connectivity index (χ3n) is 4.14. The van der Waals surface area contributed by atoms with Crippen molar-refractivity contribution in [3.8, 4) is 0 Å². The highest BCUT2D eigenvalue weighted by atomic mass is 16.5. The molecular weight excluding hydrogens is 278 g/mol. The molecule has 1 atom stereocenters. The lowest BCUT2D eigenvalue weighted by molar-refractivity contribution is 0.104. The Hall–Kier alpha value is -1.66. The first-order chi connectivity index (χ1) is 10.7. The van der Waals surface area contributed by atoms with Gasteiger partial charge in [0.25, 0.3) is 0 Å². The van der Waals surface area contributed by atoms with Crippen LogP contribution in [-0.2, 0) is 31.4 Å². The second kappa shape index (κ2) is 6.62. The quantitative estimate of drug-likeness (QED) is 0.816. The summed E-state index contributed by atoms with van der Waals surface area (Å²) < 4.78 is 9.58. The third-order valence-corrected chi connectivity index (χ3v) is 4.14. The van der Waals surface area contributed by atoms with E-state index in [4.69, 9.17) is 9.84 Å². The van der Waals surface area contributed by atoms with Crippen LogP contribution >= 0.6 is 0 Å². The molecule has 0 N–H and O–H groups in total. The van der Waals surface area contributed by atoms with E-state index in [0.29, 0.717) is 5.92 Å². The number of aromatic nitrogens is 4. The van der Waals surface area contributed by atoms with Crippen LogP contribution in [0.5, 0.6) is 0 Å². The van der Waals surface area contributed by atoms with Crippen LogP contribution in [0.1, 0.15) is 36.6 Å². The summed E-state index contributed by atoms with van der Waals surface area (Å²) in [4.78, 5) is 2.46. The van der Waals surface area contributed by atoms with Crippen molar-refractivity contribution in [1.29, 1.82) is 0 Å². The molecule has 3 rings (SSSR count). The van der Waals surface area contributed by atoms with Crippen molar-refractivity contribution in [1.82, 2.24) is 24.5 Å². The van der Waals surface area contributed by atoms with Gasteiger partial charge < -0.3 is 4.74 Å². The molecule has 3 heterocycles. The van der Waals surface area contributed by atoms with Gasteiger partial charge in [-0.2, -0.15) is 10.2 Å². The zero-order valence-electron chi connectivity index (χ0n) is 13.7. The van der Waals surface area contributed by atoms with E-state index in [1.807, 2.05) is 29.5 Å². The largest absolute Gasteiger partial charge is 0.381 e. The van der Waals surface area contributed by atoms with Crippen molar-refractivity contribution in [2.45, 2.75) is 39.4 Å². The Balaban J connectivity index is 1.77. The molecule has 1 aliphatic heterocycles. The molecule has 0 unspecified atom stereocenters. The normalized spacial score (nSPS) is 18.6. The van der Waals surface area contributed by atoms with E-state index in [1.54, 1.807) is 0 Å². The SMILES string of the molecule is CCOC[C@H]1CN(Cc2cnn(C)c2)Cc2cn(CC)nc21. The number of hydrogen-bond donors (Lipinski definition) is 0. The zero-order chi connectivity index (χ0) is 15.5. The molecule has 2 aromatic rings. The number of ether oxygens (including phenoxy) is 1. The van der Waals surface area contributed by atoms with E-state index in [9.17, 15) is 0 Å². The van der Waals surface area contributed by atoms with Crippen LogP contribution < -0.4 is 0 Å². The molecule has 0 saturated heterocycles. The van der Waals surface area contributed by atoms with Crippen LogP contribution in [0.2, 0.25) is 0 Å². The first kappa shape index (κ1) is 15.2. The van der Waals surface area contributed by atoms with Crippen LogP contribution in [0.25, 0.3) is 0 Å². The van der Waals surface area contributed by atoms with Crippen molar-refractivity contribution in [2.75, 3.05) is 19.8 Å². The lowest BCUT2D eigenvalue weighted by Gasteiger charge is -2.31. The van der Waals surface area contributed by atoms with E-state index >= 15 is 0 Å². The van der Waals surface area contributed by atoms with Gasteiger partial charge >= 0.3 is 0 Å². The van der Waals surface area contributed by atoms with Crippen molar-refractivity contribution in [3.63, 3.8) is 0 Å². The van der Waals surface area contributed by atoms with Crippen LogP contribution in [0.15, 0.2) is 18.6 Å². The monoisotopic (exact) mass is 303 g/mol. The molecular formula is C16H25N5O. The fourth-order valence-corrected chi connectivity index (χ4v) is 3.13. The summed E-state index contributed by atoms with van der Waals surface area (Å²) in [6, 6.07) is 0. The van der Waals surface area contributed by atoms with Crippen molar-refractivity contribution < 1.29 is 4.74 Å². The Morgan fingerprint density at radius 3 is 2.86 bits per heavy atom. The molecule has 0 amide bonds. The van der Waals surface area contributed by atoms with Gasteiger partial charge in [-0.15, -0.1) is 0 Å². The van der Waals surface area contributed by atoms with Gasteiger partial charge in [0.1, 0.15) is 0 Å². The second-order valence-corrected chi connectivity index (χ2v) is 5.94. The van der Waals surface area contributed by atoms with E-state index < -0.39 is 0 Å². The van der Waals surface area contributed by atoms with Gasteiger partial charge in [-0.25, -0.2) is 0 Å². The average molecular weight is 303 g/mol. The van der Waals surface area contributed by atoms with Gasteiger partial charge in [0, 0.05) is 69.3 Å². The van der Waals surface area contributed by atoms with Gasteiger partial charge in [-0.05, 0) is 13.8 Å². The molecule has 1 aliphatic rings. The number of rotatable bonds is 6. The number of aryl methyl sites for hydroxylation is 2. The van der Waals surface area contributed by atoms with Crippen molar-refractivity contribution >= 4 is 0 Å². The van der Waals surface area contributed by atoms with E-state index in [2.05, 4.69) is 29.3 Å². The summed E-state index contributed by atoms with van der Waals surface area (Å²) in [6.07, 6.45) is 6.22. The topological polar surface area (TPSA) is 48.1 Å². The molecule has 0 spiro atoms. The molecule has 2 aromatic heterocycles. The Morgan fingerprint density at radius 1 is 1.32 bits per heavy atom. The van der Waals surface area contributed by atoms with E-state index in [1.165, 1.54) is 16.8 Å². The smallest absolute Gasteiger partial charge is 0.0736 e. The van der Waals surface area contributed by atoms with Crippen LogP contribution in [0, 0.1) is 0 Å². The molecule has 22 heavy (non-hydrogen) atoms. The molecule has 0 radical (unpaired) electrons. The molecule has 120 valence electrons. The second-order valence-electron chi connectivity index (χ2n) is 5.94. The maximum atomic E-state index is 5.68. The fourth-order valence-electron chi connectivity index (χ4n) is 3.13. The summed E-state index contributed by atoms with van der Waals surface area (Å²) in [5.74, 6) is 0.355. The minimum Gasteiger partial charge on any atom is -0.381 e. The summed E-state index contributed by atoms with van der Waals surface area (Å²) in [6.45, 7) is 9.45. The zero-order valence-corrected chi connectivity index (χ0v) is 13.7. The summed E-state index contributed by atoms with van der Waals surface area (Å²) >= 11 is 0. The molecule has 0 aliphatic carbocycles. The maximum absolute atomic E-state index is 5.68. The van der Waals surface area contributed by atoms with Gasteiger partial charge in [0.05, 0.1) is 18.5 Å². The molecule has 0 fully saturated rings. The molecule has 0 saturated carbocycles. The predicted octanol–water partition coefficient (Wildman–Crippen LogP) is 1.77. The van der Waals surface area contributed by atoms with Gasteiger partial charge in [-0.1, -0.05) is 0 Å². The molecule has 6 nitrogen and oxygen atoms in total. The minimum atomic E-state index is 0.355. The lowest BCUT2D eigenvalue weighted by atomic mass is 9.97. The Kier molecular flexibility index (Phi) is 4.59. The predicted molar refractivity (Wildman–Crippen MR) is 84.5 cm³/mol. The van der Waals surface area contributed by atoms with Crippen LogP contribution in [0.4, 0.5) is 0 Å². The molecule has 0 bridgehead atoms. The van der Waals surface area contributed by atoms with Crippen molar-refractivity contribution in [2.24, 2.45) is 7.05 Å². The minimum absolute atomic E-state index is 0.355. The van der Waals surface area contributed by atoms with Crippen LogP contribution in [-0.4, -0.2) is 44.2 Å². The van der Waals surface area contributed by atoms with Gasteiger partial charge in [-0.3, -0.25) is 14.3 Å². The third kappa shape index (κ3) is 3.23. The standard InChI is InChI=1S/C16H25N5O/c1-4-21-11-14-9-20(8-13-6-17-19(3)7-13)10-15(12-22-5-2)16(14)18-21/h6-7,11,15H,4-5,8-10,12H2,1-3H3/t15-/m1/s1. The number of nitrogens with zero attached hydrogens (tertiary/aromatic N) is 5. The fraction of sp³-hybridized carbons (Fsp3) is 0.625. The van der Waals surface area contributed by atoms with Crippen molar-refractivity contribution in [3.05, 3.63) is 35.4 Å². The van der Waals surface area contributed by atoms with E-state index in [-0.39, 0.29) is 0 Å². The first-order valence-electron chi connectivity index (χ1n) is 8.03. The van der Waals surface area contributed by atoms with E-state index in [0.717, 1.165) is 39.4 Å². The summed E-state index contributed by atoms with van der Waals surface area (Å²) in [5, 5.41) is 9.00. The van der Waals surface area contributed by atoms with Gasteiger partial charge in [0.15, 0.2) is 0 Å². The Morgan fingerprint density at radius 2 is 2.18 bits per heavy atom. The number of hydrogen-bond acceptors (Lipinski definition) is 4.